The quantitative estimate of drug-likeness (QED) is 0.652. The van der Waals surface area contributed by atoms with Gasteiger partial charge in [0.25, 0.3) is 0 Å². The molecule has 72 valence electrons. The molecule has 2 heteroatoms. The Labute approximate surface area is 89.0 Å². The van der Waals surface area contributed by atoms with Crippen LogP contribution in [-0.4, -0.2) is 9.97 Å². The molecule has 0 saturated heterocycles. The highest BCUT2D eigenvalue weighted by atomic mass is 14.8. The van der Waals surface area contributed by atoms with Crippen LogP contribution in [0.25, 0.3) is 11.3 Å². The lowest BCUT2D eigenvalue weighted by Crippen LogP contribution is -1.83. The van der Waals surface area contributed by atoms with Crippen LogP contribution < -0.4 is 0 Å². The van der Waals surface area contributed by atoms with Crippen molar-refractivity contribution in [3.05, 3.63) is 48.4 Å². The lowest BCUT2D eigenvalue weighted by molar-refractivity contribution is 1.17. The summed E-state index contributed by atoms with van der Waals surface area (Å²) in [6.07, 6.45) is 3.29. The standard InChI is InChI=1S/C13H10N2/c1-2-3-11-4-6-12(7-5-11)13-8-9-14-10-15-13/h4-10H,1H3. The normalized spacial score (nSPS) is 9.13. The fraction of sp³-hybridized carbons (Fsp3) is 0.0769. The van der Waals surface area contributed by atoms with Gasteiger partial charge in [-0.1, -0.05) is 18.1 Å². The van der Waals surface area contributed by atoms with Crippen molar-refractivity contribution in [3.8, 4) is 23.1 Å². The summed E-state index contributed by atoms with van der Waals surface area (Å²) < 4.78 is 0. The van der Waals surface area contributed by atoms with Crippen LogP contribution in [0.1, 0.15) is 12.5 Å². The van der Waals surface area contributed by atoms with E-state index in [0.717, 1.165) is 16.8 Å². The summed E-state index contributed by atoms with van der Waals surface area (Å²) in [4.78, 5) is 8.06. The minimum atomic E-state index is 0.931. The maximum atomic E-state index is 4.18. The van der Waals surface area contributed by atoms with Crippen LogP contribution in [0.4, 0.5) is 0 Å². The fourth-order valence-corrected chi connectivity index (χ4v) is 1.33. The van der Waals surface area contributed by atoms with Crippen molar-refractivity contribution in [1.82, 2.24) is 9.97 Å². The van der Waals surface area contributed by atoms with Crippen LogP contribution in [-0.2, 0) is 0 Å². The van der Waals surface area contributed by atoms with Gasteiger partial charge in [-0.15, -0.1) is 5.92 Å². The molecule has 0 aliphatic carbocycles. The van der Waals surface area contributed by atoms with Gasteiger partial charge in [0, 0.05) is 17.3 Å². The second-order valence-corrected chi connectivity index (χ2v) is 3.05. The molecule has 0 fully saturated rings. The molecule has 1 heterocycles. The van der Waals surface area contributed by atoms with Crippen molar-refractivity contribution in [1.29, 1.82) is 0 Å². The van der Waals surface area contributed by atoms with Crippen LogP contribution in [0.5, 0.6) is 0 Å². The Morgan fingerprint density at radius 1 is 1.07 bits per heavy atom. The Morgan fingerprint density at radius 3 is 2.47 bits per heavy atom. The summed E-state index contributed by atoms with van der Waals surface area (Å²) in [5.74, 6) is 5.87. The van der Waals surface area contributed by atoms with E-state index in [1.54, 1.807) is 12.5 Å². The summed E-state index contributed by atoms with van der Waals surface area (Å²) in [7, 11) is 0. The van der Waals surface area contributed by atoms with Gasteiger partial charge in [0.05, 0.1) is 5.69 Å². The summed E-state index contributed by atoms with van der Waals surface area (Å²) >= 11 is 0. The summed E-state index contributed by atoms with van der Waals surface area (Å²) in [5.41, 5.74) is 3.04. The molecule has 0 N–H and O–H groups in total. The predicted octanol–water partition coefficient (Wildman–Crippen LogP) is 2.52. The average Bonchev–Trinajstić information content (AvgIpc) is 2.32. The summed E-state index contributed by atoms with van der Waals surface area (Å²) in [5, 5.41) is 0. The maximum Gasteiger partial charge on any atom is 0.116 e. The number of nitrogens with zero attached hydrogens (tertiary/aromatic N) is 2. The molecule has 2 aromatic rings. The van der Waals surface area contributed by atoms with Crippen LogP contribution in [0, 0.1) is 11.8 Å². The number of aromatic nitrogens is 2. The lowest BCUT2D eigenvalue weighted by Gasteiger charge is -1.99. The Morgan fingerprint density at radius 2 is 1.87 bits per heavy atom. The highest BCUT2D eigenvalue weighted by molar-refractivity contribution is 5.59. The molecule has 2 rings (SSSR count). The van der Waals surface area contributed by atoms with Gasteiger partial charge in [-0.05, 0) is 25.1 Å². The number of benzene rings is 1. The van der Waals surface area contributed by atoms with Gasteiger partial charge >= 0.3 is 0 Å². The first-order valence-corrected chi connectivity index (χ1v) is 4.69. The molecular weight excluding hydrogens is 184 g/mol. The minimum absolute atomic E-state index is 0.931. The number of hydrogen-bond acceptors (Lipinski definition) is 2. The first-order valence-electron chi connectivity index (χ1n) is 4.69. The third-order valence-electron chi connectivity index (χ3n) is 2.03. The van der Waals surface area contributed by atoms with E-state index in [2.05, 4.69) is 21.8 Å². The van der Waals surface area contributed by atoms with E-state index in [4.69, 9.17) is 0 Å². The molecule has 0 saturated carbocycles. The molecule has 0 unspecified atom stereocenters. The maximum absolute atomic E-state index is 4.18. The van der Waals surface area contributed by atoms with Crippen molar-refractivity contribution in [3.63, 3.8) is 0 Å². The Hall–Kier alpha value is -2.14. The Balaban J connectivity index is 2.35. The van der Waals surface area contributed by atoms with Crippen LogP contribution in [0.2, 0.25) is 0 Å². The van der Waals surface area contributed by atoms with E-state index in [0.29, 0.717) is 0 Å². The van der Waals surface area contributed by atoms with E-state index in [1.165, 1.54) is 0 Å². The highest BCUT2D eigenvalue weighted by Crippen LogP contribution is 2.15. The van der Waals surface area contributed by atoms with Gasteiger partial charge in [-0.3, -0.25) is 0 Å². The average molecular weight is 194 g/mol. The first-order chi connectivity index (χ1) is 7.40. The molecular formula is C13H10N2. The zero-order valence-electron chi connectivity index (χ0n) is 8.44. The molecule has 0 radical (unpaired) electrons. The van der Waals surface area contributed by atoms with Crippen molar-refractivity contribution in [2.24, 2.45) is 0 Å². The summed E-state index contributed by atoms with van der Waals surface area (Å²) in [6.45, 7) is 1.83. The monoisotopic (exact) mass is 194 g/mol. The van der Waals surface area contributed by atoms with Gasteiger partial charge in [0.1, 0.15) is 6.33 Å². The minimum Gasteiger partial charge on any atom is -0.245 e. The van der Waals surface area contributed by atoms with Crippen molar-refractivity contribution in [2.75, 3.05) is 0 Å². The molecule has 15 heavy (non-hydrogen) atoms. The molecule has 0 spiro atoms. The van der Waals surface area contributed by atoms with E-state index < -0.39 is 0 Å². The van der Waals surface area contributed by atoms with Gasteiger partial charge in [0.15, 0.2) is 0 Å². The second kappa shape index (κ2) is 4.39. The van der Waals surface area contributed by atoms with Crippen molar-refractivity contribution in [2.45, 2.75) is 6.92 Å². The zero-order valence-corrected chi connectivity index (χ0v) is 8.44. The molecule has 0 aliphatic heterocycles. The zero-order chi connectivity index (χ0) is 10.5. The molecule has 2 nitrogen and oxygen atoms in total. The van der Waals surface area contributed by atoms with Gasteiger partial charge in [-0.25, -0.2) is 9.97 Å². The van der Waals surface area contributed by atoms with Crippen LogP contribution in [0.3, 0.4) is 0 Å². The van der Waals surface area contributed by atoms with Gasteiger partial charge in [-0.2, -0.15) is 0 Å². The molecule has 0 amide bonds. The molecule has 1 aromatic carbocycles. The number of rotatable bonds is 1. The van der Waals surface area contributed by atoms with Crippen LogP contribution >= 0.6 is 0 Å². The molecule has 0 aliphatic rings. The second-order valence-electron chi connectivity index (χ2n) is 3.05. The predicted molar refractivity (Wildman–Crippen MR) is 60.0 cm³/mol. The molecule has 1 aromatic heterocycles. The van der Waals surface area contributed by atoms with E-state index in [1.807, 2.05) is 37.3 Å². The Kier molecular flexibility index (Phi) is 2.75. The SMILES string of the molecule is CC#Cc1ccc(-c2ccncn2)cc1. The fourth-order valence-electron chi connectivity index (χ4n) is 1.33. The van der Waals surface area contributed by atoms with Gasteiger partial charge < -0.3 is 0 Å². The van der Waals surface area contributed by atoms with E-state index in [-0.39, 0.29) is 0 Å². The Bertz CT molecular complexity index is 490. The molecule has 0 bridgehead atoms. The van der Waals surface area contributed by atoms with E-state index >= 15 is 0 Å². The topological polar surface area (TPSA) is 25.8 Å². The third-order valence-corrected chi connectivity index (χ3v) is 2.03. The molecule has 0 atom stereocenters. The first kappa shape index (κ1) is 9.42. The third kappa shape index (κ3) is 2.21. The smallest absolute Gasteiger partial charge is 0.116 e. The highest BCUT2D eigenvalue weighted by Gasteiger charge is 1.96. The van der Waals surface area contributed by atoms with E-state index in [9.17, 15) is 0 Å². The van der Waals surface area contributed by atoms with Crippen LogP contribution in [0.15, 0.2) is 42.9 Å². The summed E-state index contributed by atoms with van der Waals surface area (Å²) in [6, 6.07) is 9.91. The largest absolute Gasteiger partial charge is 0.245 e. The van der Waals surface area contributed by atoms with Crippen molar-refractivity contribution < 1.29 is 0 Å². The van der Waals surface area contributed by atoms with Crippen molar-refractivity contribution >= 4 is 0 Å². The van der Waals surface area contributed by atoms with Gasteiger partial charge in [0.2, 0.25) is 0 Å². The number of hydrogen-bond donors (Lipinski definition) is 0. The lowest BCUT2D eigenvalue weighted by atomic mass is 10.1.